The highest BCUT2D eigenvalue weighted by Crippen LogP contribution is 2.12. The molecule has 2 rings (SSSR count). The number of hydrogen-bond acceptors (Lipinski definition) is 3. The minimum Gasteiger partial charge on any atom is -0.326 e. The predicted molar refractivity (Wildman–Crippen MR) is 85.4 cm³/mol. The second kappa shape index (κ2) is 8.97. The standard InChI is InChI=1S/C15H22FN3O.ClH/c1-17-14-6-3-8-19(11-14)9-7-15(20)18-13-5-2-4-12(16)10-13;/h2,4-5,10,14,17H,3,6-9,11H2,1H3,(H,18,20);1H. The number of halogens is 2. The van der Waals surface area contributed by atoms with Gasteiger partial charge in [0.05, 0.1) is 0 Å². The molecule has 1 amide bonds. The number of anilines is 1. The lowest BCUT2D eigenvalue weighted by atomic mass is 10.1. The summed E-state index contributed by atoms with van der Waals surface area (Å²) in [4.78, 5) is 14.1. The maximum absolute atomic E-state index is 13.0. The lowest BCUT2D eigenvalue weighted by molar-refractivity contribution is -0.116. The molecule has 0 saturated carbocycles. The van der Waals surface area contributed by atoms with Crippen molar-refractivity contribution in [2.45, 2.75) is 25.3 Å². The van der Waals surface area contributed by atoms with Crippen LogP contribution in [0.25, 0.3) is 0 Å². The third-order valence-corrected chi connectivity index (χ3v) is 3.68. The van der Waals surface area contributed by atoms with Crippen LogP contribution in [0.15, 0.2) is 24.3 Å². The molecule has 1 aromatic rings. The zero-order valence-corrected chi connectivity index (χ0v) is 13.1. The quantitative estimate of drug-likeness (QED) is 0.876. The highest BCUT2D eigenvalue weighted by molar-refractivity contribution is 5.90. The van der Waals surface area contributed by atoms with Crippen LogP contribution in [0.1, 0.15) is 19.3 Å². The van der Waals surface area contributed by atoms with E-state index in [9.17, 15) is 9.18 Å². The van der Waals surface area contributed by atoms with Gasteiger partial charge in [-0.3, -0.25) is 4.79 Å². The number of nitrogens with one attached hydrogen (secondary N) is 2. The number of carbonyl (C=O) groups is 1. The maximum atomic E-state index is 13.0. The molecule has 1 aliphatic rings. The van der Waals surface area contributed by atoms with Crippen LogP contribution in [-0.2, 0) is 4.79 Å². The number of likely N-dealkylation sites (N-methyl/N-ethyl adjacent to an activating group) is 1. The summed E-state index contributed by atoms with van der Waals surface area (Å²) in [7, 11) is 1.98. The molecule has 0 radical (unpaired) electrons. The maximum Gasteiger partial charge on any atom is 0.225 e. The molecular weight excluding hydrogens is 293 g/mol. The number of piperidine rings is 1. The van der Waals surface area contributed by atoms with Crippen molar-refractivity contribution >= 4 is 24.0 Å². The highest BCUT2D eigenvalue weighted by atomic mass is 35.5. The summed E-state index contributed by atoms with van der Waals surface area (Å²) in [6, 6.07) is 6.50. The average molecular weight is 316 g/mol. The van der Waals surface area contributed by atoms with Crippen LogP contribution >= 0.6 is 12.4 Å². The molecule has 0 aromatic heterocycles. The Bertz CT molecular complexity index is 458. The van der Waals surface area contributed by atoms with Crippen LogP contribution in [0.5, 0.6) is 0 Å². The number of likely N-dealkylation sites (tertiary alicyclic amines) is 1. The zero-order chi connectivity index (χ0) is 14.4. The fraction of sp³-hybridized carbons (Fsp3) is 0.533. The van der Waals surface area contributed by atoms with E-state index in [0.29, 0.717) is 18.2 Å². The summed E-state index contributed by atoms with van der Waals surface area (Å²) < 4.78 is 13.0. The van der Waals surface area contributed by atoms with Gasteiger partial charge in [-0.25, -0.2) is 4.39 Å². The first-order chi connectivity index (χ1) is 9.67. The Morgan fingerprint density at radius 1 is 1.48 bits per heavy atom. The van der Waals surface area contributed by atoms with Crippen molar-refractivity contribution in [1.29, 1.82) is 0 Å². The molecule has 0 spiro atoms. The van der Waals surface area contributed by atoms with Crippen LogP contribution < -0.4 is 10.6 Å². The average Bonchev–Trinajstić information content (AvgIpc) is 2.45. The van der Waals surface area contributed by atoms with Crippen LogP contribution in [0.4, 0.5) is 10.1 Å². The minimum absolute atomic E-state index is 0. The van der Waals surface area contributed by atoms with Gasteiger partial charge in [0, 0.05) is 31.2 Å². The van der Waals surface area contributed by atoms with E-state index in [-0.39, 0.29) is 24.1 Å². The van der Waals surface area contributed by atoms with Gasteiger partial charge in [0.2, 0.25) is 5.91 Å². The third-order valence-electron chi connectivity index (χ3n) is 3.68. The summed E-state index contributed by atoms with van der Waals surface area (Å²) in [5.74, 6) is -0.405. The Balaban J connectivity index is 0.00000220. The molecule has 1 aromatic carbocycles. The van der Waals surface area contributed by atoms with Crippen LogP contribution in [0, 0.1) is 5.82 Å². The van der Waals surface area contributed by atoms with Crippen molar-refractivity contribution in [3.05, 3.63) is 30.1 Å². The van der Waals surface area contributed by atoms with Gasteiger partial charge in [0.25, 0.3) is 0 Å². The number of benzene rings is 1. The summed E-state index contributed by atoms with van der Waals surface area (Å²) in [5.41, 5.74) is 0.516. The first kappa shape index (κ1) is 17.9. The van der Waals surface area contributed by atoms with Gasteiger partial charge in [0.1, 0.15) is 5.82 Å². The third kappa shape index (κ3) is 5.99. The predicted octanol–water partition coefficient (Wildman–Crippen LogP) is 2.26. The molecule has 2 N–H and O–H groups in total. The zero-order valence-electron chi connectivity index (χ0n) is 12.3. The lowest BCUT2D eigenvalue weighted by Crippen LogP contribution is -2.45. The number of amides is 1. The Hall–Kier alpha value is -1.17. The van der Waals surface area contributed by atoms with Gasteiger partial charge in [-0.1, -0.05) is 6.07 Å². The van der Waals surface area contributed by atoms with Gasteiger partial charge in [0.15, 0.2) is 0 Å². The van der Waals surface area contributed by atoms with E-state index in [2.05, 4.69) is 15.5 Å². The highest BCUT2D eigenvalue weighted by Gasteiger charge is 2.18. The van der Waals surface area contributed by atoms with E-state index in [1.54, 1.807) is 12.1 Å². The molecule has 1 heterocycles. The molecule has 118 valence electrons. The second-order valence-electron chi connectivity index (χ2n) is 5.24. The van der Waals surface area contributed by atoms with Crippen LogP contribution in [-0.4, -0.2) is 43.5 Å². The van der Waals surface area contributed by atoms with Crippen LogP contribution in [0.3, 0.4) is 0 Å². The molecule has 0 aliphatic carbocycles. The molecule has 1 fully saturated rings. The Morgan fingerprint density at radius 2 is 2.29 bits per heavy atom. The van der Waals surface area contributed by atoms with E-state index in [4.69, 9.17) is 0 Å². The number of rotatable bonds is 5. The van der Waals surface area contributed by atoms with Gasteiger partial charge in [-0.15, -0.1) is 12.4 Å². The topological polar surface area (TPSA) is 44.4 Å². The lowest BCUT2D eigenvalue weighted by Gasteiger charge is -2.32. The second-order valence-corrected chi connectivity index (χ2v) is 5.24. The molecule has 1 aliphatic heterocycles. The summed E-state index contributed by atoms with van der Waals surface area (Å²) in [6.07, 6.45) is 2.80. The number of nitrogens with zero attached hydrogens (tertiary/aromatic N) is 1. The summed E-state index contributed by atoms with van der Waals surface area (Å²) in [6.45, 7) is 2.79. The first-order valence-electron chi connectivity index (χ1n) is 7.12. The smallest absolute Gasteiger partial charge is 0.225 e. The van der Waals surface area contributed by atoms with Crippen molar-refractivity contribution < 1.29 is 9.18 Å². The first-order valence-corrected chi connectivity index (χ1v) is 7.12. The molecule has 4 nitrogen and oxygen atoms in total. The van der Waals surface area contributed by atoms with Gasteiger partial charge in [-0.05, 0) is 44.6 Å². The monoisotopic (exact) mass is 315 g/mol. The normalized spacial score (nSPS) is 18.9. The van der Waals surface area contributed by atoms with E-state index < -0.39 is 0 Å². The van der Waals surface area contributed by atoms with Crippen molar-refractivity contribution in [1.82, 2.24) is 10.2 Å². The van der Waals surface area contributed by atoms with Gasteiger partial charge < -0.3 is 15.5 Å². The van der Waals surface area contributed by atoms with E-state index >= 15 is 0 Å². The largest absolute Gasteiger partial charge is 0.326 e. The van der Waals surface area contributed by atoms with Crippen molar-refractivity contribution in [3.8, 4) is 0 Å². The van der Waals surface area contributed by atoms with E-state index in [1.165, 1.54) is 18.6 Å². The minimum atomic E-state index is -0.337. The summed E-state index contributed by atoms with van der Waals surface area (Å²) >= 11 is 0. The molecule has 6 heteroatoms. The van der Waals surface area contributed by atoms with Gasteiger partial charge in [-0.2, -0.15) is 0 Å². The molecule has 0 bridgehead atoms. The number of carbonyl (C=O) groups excluding carboxylic acids is 1. The fourth-order valence-corrected chi connectivity index (χ4v) is 2.54. The fourth-order valence-electron chi connectivity index (χ4n) is 2.54. The van der Waals surface area contributed by atoms with Crippen molar-refractivity contribution in [2.24, 2.45) is 0 Å². The Kier molecular flexibility index (Phi) is 7.64. The Labute approximate surface area is 131 Å². The summed E-state index contributed by atoms with van der Waals surface area (Å²) in [5, 5.41) is 6.01. The molecule has 1 unspecified atom stereocenters. The molecule has 1 atom stereocenters. The van der Waals surface area contributed by atoms with E-state index in [0.717, 1.165) is 26.1 Å². The SMILES string of the molecule is CNC1CCCN(CCC(=O)Nc2cccc(F)c2)C1.Cl. The Morgan fingerprint density at radius 3 is 3.00 bits per heavy atom. The van der Waals surface area contributed by atoms with Crippen molar-refractivity contribution in [3.63, 3.8) is 0 Å². The van der Waals surface area contributed by atoms with E-state index in [1.807, 2.05) is 7.05 Å². The van der Waals surface area contributed by atoms with Crippen molar-refractivity contribution in [2.75, 3.05) is 32.0 Å². The van der Waals surface area contributed by atoms with Crippen LogP contribution in [0.2, 0.25) is 0 Å². The molecule has 21 heavy (non-hydrogen) atoms. The molecule has 1 saturated heterocycles. The molecular formula is C15H23ClFN3O. The number of hydrogen-bond donors (Lipinski definition) is 2. The van der Waals surface area contributed by atoms with Gasteiger partial charge >= 0.3 is 0 Å².